The van der Waals surface area contributed by atoms with Crippen LogP contribution in [0.2, 0.25) is 0 Å². The topological polar surface area (TPSA) is 74.9 Å². The summed E-state index contributed by atoms with van der Waals surface area (Å²) in [7, 11) is 0. The van der Waals surface area contributed by atoms with Gasteiger partial charge in [-0.3, -0.25) is 9.59 Å². The Labute approximate surface area is 155 Å². The van der Waals surface area contributed by atoms with Gasteiger partial charge in [0.25, 0.3) is 5.56 Å². The molecule has 3 rings (SSSR count). The molecule has 0 aliphatic carbocycles. The van der Waals surface area contributed by atoms with Gasteiger partial charge in [0.2, 0.25) is 5.91 Å². The van der Waals surface area contributed by atoms with Gasteiger partial charge in [-0.25, -0.2) is 0 Å². The third kappa shape index (κ3) is 3.26. The Balaban J connectivity index is 1.81. The summed E-state index contributed by atoms with van der Waals surface area (Å²) in [6.45, 7) is 5.99. The largest absolute Gasteiger partial charge is 0.317 e. The van der Waals surface area contributed by atoms with Gasteiger partial charge in [-0.2, -0.15) is 5.26 Å². The molecule has 0 radical (unpaired) electrons. The van der Waals surface area contributed by atoms with Crippen LogP contribution in [0.3, 0.4) is 0 Å². The van der Waals surface area contributed by atoms with Crippen LogP contribution in [0.5, 0.6) is 0 Å². The maximum atomic E-state index is 12.4. The van der Waals surface area contributed by atoms with E-state index in [9.17, 15) is 14.9 Å². The molecule has 6 heteroatoms. The molecule has 2 aromatic heterocycles. The molecule has 0 bridgehead atoms. The number of para-hydroxylation sites is 1. The summed E-state index contributed by atoms with van der Waals surface area (Å²) in [5.74, 6) is -0.209. The number of thiophene rings is 1. The highest BCUT2D eigenvalue weighted by Crippen LogP contribution is 2.31. The molecule has 2 heterocycles. The van der Waals surface area contributed by atoms with E-state index >= 15 is 0 Å². The molecular weight excluding hydrogens is 346 g/mol. The molecule has 1 N–H and O–H groups in total. The van der Waals surface area contributed by atoms with E-state index in [1.807, 2.05) is 45.0 Å². The molecule has 0 unspecified atom stereocenters. The van der Waals surface area contributed by atoms with Crippen LogP contribution in [-0.2, 0) is 11.3 Å². The van der Waals surface area contributed by atoms with Gasteiger partial charge in [0.15, 0.2) is 0 Å². The molecule has 26 heavy (non-hydrogen) atoms. The monoisotopic (exact) mass is 365 g/mol. The minimum atomic E-state index is -0.209. The minimum absolute atomic E-state index is 0.116. The van der Waals surface area contributed by atoms with Crippen LogP contribution >= 0.6 is 11.3 Å². The van der Waals surface area contributed by atoms with E-state index in [-0.39, 0.29) is 24.4 Å². The normalized spacial score (nSPS) is 10.7. The number of amides is 1. The van der Waals surface area contributed by atoms with Gasteiger partial charge in [0.05, 0.1) is 11.1 Å². The molecule has 0 fully saturated rings. The van der Waals surface area contributed by atoms with Gasteiger partial charge in [-0.05, 0) is 38.0 Å². The van der Waals surface area contributed by atoms with Gasteiger partial charge < -0.3 is 9.88 Å². The fourth-order valence-electron chi connectivity index (χ4n) is 2.98. The van der Waals surface area contributed by atoms with Gasteiger partial charge in [0, 0.05) is 29.3 Å². The number of nitrogens with zero attached hydrogens (tertiary/aromatic N) is 2. The van der Waals surface area contributed by atoms with Crippen molar-refractivity contribution in [1.82, 2.24) is 4.57 Å². The fourth-order valence-corrected chi connectivity index (χ4v) is 4.01. The zero-order valence-corrected chi connectivity index (χ0v) is 15.7. The molecule has 3 aromatic rings. The SMILES string of the molecule is Cc1sc(NC(=O)CCn2c(=O)cc(C)c3ccccc32)c(C#N)c1C. The second kappa shape index (κ2) is 7.14. The highest BCUT2D eigenvalue weighted by Gasteiger charge is 2.15. The number of benzene rings is 1. The molecular formula is C20H19N3O2S. The Morgan fingerprint density at radius 1 is 1.27 bits per heavy atom. The quantitative estimate of drug-likeness (QED) is 0.762. The maximum Gasteiger partial charge on any atom is 0.251 e. The number of carbonyl (C=O) groups excluding carboxylic acids is 1. The molecule has 0 saturated heterocycles. The summed E-state index contributed by atoms with van der Waals surface area (Å²) in [6.07, 6.45) is 0.161. The Morgan fingerprint density at radius 3 is 2.73 bits per heavy atom. The van der Waals surface area contributed by atoms with Crippen LogP contribution < -0.4 is 10.9 Å². The standard InChI is InChI=1S/C20H19N3O2S/c1-12-10-19(25)23(17-7-5-4-6-15(12)17)9-8-18(24)22-20-16(11-21)13(2)14(3)26-20/h4-7,10H,8-9H2,1-3H3,(H,22,24). The molecule has 0 aliphatic heterocycles. The van der Waals surface area contributed by atoms with Crippen LogP contribution in [0.25, 0.3) is 10.9 Å². The molecule has 1 aromatic carbocycles. The Bertz CT molecular complexity index is 1100. The number of carbonyl (C=O) groups is 1. The van der Waals surface area contributed by atoms with Crippen LogP contribution in [0.4, 0.5) is 5.00 Å². The van der Waals surface area contributed by atoms with Crippen molar-refractivity contribution in [2.45, 2.75) is 33.7 Å². The number of hydrogen-bond acceptors (Lipinski definition) is 4. The number of anilines is 1. The number of aromatic nitrogens is 1. The van der Waals surface area contributed by atoms with Crippen LogP contribution in [0.1, 0.15) is 28.0 Å². The van der Waals surface area contributed by atoms with Crippen LogP contribution in [-0.4, -0.2) is 10.5 Å². The van der Waals surface area contributed by atoms with Crippen LogP contribution in [0, 0.1) is 32.1 Å². The highest BCUT2D eigenvalue weighted by atomic mass is 32.1. The smallest absolute Gasteiger partial charge is 0.251 e. The lowest BCUT2D eigenvalue weighted by atomic mass is 10.1. The zero-order chi connectivity index (χ0) is 18.8. The number of nitrogens with one attached hydrogen (secondary N) is 1. The Kier molecular flexibility index (Phi) is 4.92. The number of pyridine rings is 1. The molecule has 0 spiro atoms. The summed E-state index contributed by atoms with van der Waals surface area (Å²) in [6, 6.07) is 11.4. The second-order valence-electron chi connectivity index (χ2n) is 6.23. The van der Waals surface area contributed by atoms with E-state index in [0.29, 0.717) is 10.6 Å². The first-order valence-corrected chi connectivity index (χ1v) is 9.13. The first-order valence-electron chi connectivity index (χ1n) is 8.31. The summed E-state index contributed by atoms with van der Waals surface area (Å²) < 4.78 is 1.62. The number of hydrogen-bond donors (Lipinski definition) is 1. The van der Waals surface area contributed by atoms with Crippen molar-refractivity contribution >= 4 is 33.1 Å². The average Bonchev–Trinajstić information content (AvgIpc) is 2.87. The predicted molar refractivity (Wildman–Crippen MR) is 105 cm³/mol. The van der Waals surface area contributed by atoms with Gasteiger partial charge in [-0.1, -0.05) is 18.2 Å². The van der Waals surface area contributed by atoms with Crippen molar-refractivity contribution in [3.8, 4) is 6.07 Å². The summed E-state index contributed by atoms with van der Waals surface area (Å²) in [5, 5.41) is 13.7. The van der Waals surface area contributed by atoms with Crippen molar-refractivity contribution in [2.24, 2.45) is 0 Å². The minimum Gasteiger partial charge on any atom is -0.317 e. The van der Waals surface area contributed by atoms with Crippen molar-refractivity contribution in [2.75, 3.05) is 5.32 Å². The fraction of sp³-hybridized carbons (Fsp3) is 0.250. The predicted octanol–water partition coefficient (Wildman–Crippen LogP) is 3.89. The third-order valence-electron chi connectivity index (χ3n) is 4.54. The van der Waals surface area contributed by atoms with Gasteiger partial charge in [0.1, 0.15) is 11.1 Å². The zero-order valence-electron chi connectivity index (χ0n) is 14.9. The molecule has 0 atom stereocenters. The number of aryl methyl sites for hydroxylation is 3. The summed E-state index contributed by atoms with van der Waals surface area (Å²) in [5.41, 5.74) is 3.04. The van der Waals surface area contributed by atoms with Gasteiger partial charge in [-0.15, -0.1) is 11.3 Å². The second-order valence-corrected chi connectivity index (χ2v) is 7.46. The van der Waals surface area contributed by atoms with E-state index in [4.69, 9.17) is 0 Å². The first kappa shape index (κ1) is 17.9. The lowest BCUT2D eigenvalue weighted by Gasteiger charge is -2.11. The van der Waals surface area contributed by atoms with Crippen molar-refractivity contribution < 1.29 is 4.79 Å². The molecule has 132 valence electrons. The number of fused-ring (bicyclic) bond motifs is 1. The van der Waals surface area contributed by atoms with Crippen molar-refractivity contribution in [1.29, 1.82) is 5.26 Å². The van der Waals surface area contributed by atoms with Crippen molar-refractivity contribution in [3.05, 3.63) is 62.3 Å². The lowest BCUT2D eigenvalue weighted by Crippen LogP contribution is -2.23. The van der Waals surface area contributed by atoms with E-state index in [2.05, 4.69) is 11.4 Å². The van der Waals surface area contributed by atoms with Crippen LogP contribution in [0.15, 0.2) is 35.1 Å². The maximum absolute atomic E-state index is 12.4. The van der Waals surface area contributed by atoms with Gasteiger partial charge >= 0.3 is 0 Å². The van der Waals surface area contributed by atoms with E-state index in [0.717, 1.165) is 26.9 Å². The number of rotatable bonds is 4. The first-order chi connectivity index (χ1) is 12.4. The Morgan fingerprint density at radius 2 is 2.00 bits per heavy atom. The van der Waals surface area contributed by atoms with E-state index in [1.54, 1.807) is 10.6 Å². The lowest BCUT2D eigenvalue weighted by molar-refractivity contribution is -0.116. The van der Waals surface area contributed by atoms with E-state index < -0.39 is 0 Å². The summed E-state index contributed by atoms with van der Waals surface area (Å²) >= 11 is 1.40. The number of nitriles is 1. The van der Waals surface area contributed by atoms with Crippen molar-refractivity contribution in [3.63, 3.8) is 0 Å². The molecule has 5 nitrogen and oxygen atoms in total. The molecule has 0 saturated carbocycles. The average molecular weight is 365 g/mol. The molecule has 1 amide bonds. The van der Waals surface area contributed by atoms with E-state index in [1.165, 1.54) is 11.3 Å². The highest BCUT2D eigenvalue weighted by molar-refractivity contribution is 7.16. The third-order valence-corrected chi connectivity index (χ3v) is 5.66. The molecule has 0 aliphatic rings. The summed E-state index contributed by atoms with van der Waals surface area (Å²) in [4.78, 5) is 25.7. The Hall–Kier alpha value is -2.91.